The number of aromatic nitrogens is 2. The minimum absolute atomic E-state index is 0.00674. The first-order valence-electron chi connectivity index (χ1n) is 6.83. The third kappa shape index (κ3) is 3.74. The number of nitrogens with zero attached hydrogens (tertiary/aromatic N) is 2. The number of ether oxygens (including phenoxy) is 1. The maximum Gasteiger partial charge on any atom is 0.240 e. The van der Waals surface area contributed by atoms with Crippen LogP contribution in [0, 0.1) is 0 Å². The Hall–Kier alpha value is -1.05. The number of carbonyl (C=O) groups excluding carboxylic acids is 1. The summed E-state index contributed by atoms with van der Waals surface area (Å²) in [4.78, 5) is 12.1. The molecule has 0 aromatic carbocycles. The summed E-state index contributed by atoms with van der Waals surface area (Å²) < 4.78 is 5.46. The number of amides is 1. The molecule has 1 saturated heterocycles. The normalized spacial score (nSPS) is 23.6. The second-order valence-electron chi connectivity index (χ2n) is 5.98. The van der Waals surface area contributed by atoms with E-state index >= 15 is 0 Å². The Morgan fingerprint density at radius 2 is 2.25 bits per heavy atom. The van der Waals surface area contributed by atoms with Gasteiger partial charge in [0.15, 0.2) is 0 Å². The lowest BCUT2D eigenvalue weighted by Gasteiger charge is -2.29. The Labute approximate surface area is 123 Å². The summed E-state index contributed by atoms with van der Waals surface area (Å²) in [5.41, 5.74) is -0.00674. The molecule has 1 aromatic rings. The first-order chi connectivity index (χ1) is 9.38. The van der Waals surface area contributed by atoms with Gasteiger partial charge in [-0.1, -0.05) is 32.1 Å². The van der Waals surface area contributed by atoms with E-state index in [1.807, 2.05) is 6.92 Å². The van der Waals surface area contributed by atoms with Crippen molar-refractivity contribution in [1.29, 1.82) is 0 Å². The van der Waals surface area contributed by atoms with Gasteiger partial charge in [-0.05, 0) is 6.92 Å². The van der Waals surface area contributed by atoms with Crippen molar-refractivity contribution in [3.63, 3.8) is 0 Å². The molecule has 1 aliphatic heterocycles. The molecule has 0 aliphatic carbocycles. The van der Waals surface area contributed by atoms with Gasteiger partial charge in [0.25, 0.3) is 0 Å². The Morgan fingerprint density at radius 1 is 1.50 bits per heavy atom. The second kappa shape index (κ2) is 6.15. The summed E-state index contributed by atoms with van der Waals surface area (Å²) in [7, 11) is 0. The Balaban J connectivity index is 1.88. The zero-order valence-electron chi connectivity index (χ0n) is 12.4. The van der Waals surface area contributed by atoms with Crippen molar-refractivity contribution in [1.82, 2.24) is 20.8 Å². The number of hydrogen-bond acceptors (Lipinski definition) is 6. The van der Waals surface area contributed by atoms with E-state index in [0.717, 1.165) is 10.0 Å². The van der Waals surface area contributed by atoms with Crippen LogP contribution in [-0.2, 0) is 21.5 Å². The summed E-state index contributed by atoms with van der Waals surface area (Å²) in [5, 5.41) is 16.2. The second-order valence-corrected chi connectivity index (χ2v) is 7.04. The predicted molar refractivity (Wildman–Crippen MR) is 77.7 cm³/mol. The number of hydrogen-bond donors (Lipinski definition) is 2. The van der Waals surface area contributed by atoms with E-state index in [9.17, 15) is 4.79 Å². The van der Waals surface area contributed by atoms with Crippen LogP contribution in [0.25, 0.3) is 0 Å². The number of morpholine rings is 1. The van der Waals surface area contributed by atoms with E-state index < -0.39 is 0 Å². The molecule has 20 heavy (non-hydrogen) atoms. The lowest BCUT2D eigenvalue weighted by atomic mass is 9.98. The highest BCUT2D eigenvalue weighted by Crippen LogP contribution is 2.25. The molecule has 0 bridgehead atoms. The number of carbonyl (C=O) groups is 1. The molecule has 2 atom stereocenters. The molecule has 0 spiro atoms. The quantitative estimate of drug-likeness (QED) is 0.864. The van der Waals surface area contributed by atoms with Gasteiger partial charge in [0.2, 0.25) is 5.91 Å². The van der Waals surface area contributed by atoms with Crippen LogP contribution in [0.1, 0.15) is 37.7 Å². The fraction of sp³-hybridized carbons (Fsp3) is 0.769. The van der Waals surface area contributed by atoms with Crippen LogP contribution in [0.2, 0.25) is 0 Å². The topological polar surface area (TPSA) is 76.1 Å². The van der Waals surface area contributed by atoms with E-state index in [4.69, 9.17) is 4.74 Å². The van der Waals surface area contributed by atoms with E-state index in [-0.39, 0.29) is 23.5 Å². The lowest BCUT2D eigenvalue weighted by Crippen LogP contribution is -2.55. The third-order valence-corrected chi connectivity index (χ3v) is 4.47. The molecule has 7 heteroatoms. The highest BCUT2D eigenvalue weighted by Gasteiger charge is 2.28. The Bertz CT molecular complexity index is 469. The SMILES string of the molecule is C[C@H]1OCCN[C@@H]1C(=O)NCc1nnc(C(C)(C)C)s1. The Morgan fingerprint density at radius 3 is 2.85 bits per heavy atom. The smallest absolute Gasteiger partial charge is 0.240 e. The largest absolute Gasteiger partial charge is 0.375 e. The highest BCUT2D eigenvalue weighted by molar-refractivity contribution is 7.11. The van der Waals surface area contributed by atoms with Crippen LogP contribution in [0.15, 0.2) is 0 Å². The minimum Gasteiger partial charge on any atom is -0.375 e. The van der Waals surface area contributed by atoms with Crippen molar-refractivity contribution in [2.75, 3.05) is 13.2 Å². The van der Waals surface area contributed by atoms with Crippen LogP contribution in [0.5, 0.6) is 0 Å². The first-order valence-corrected chi connectivity index (χ1v) is 7.65. The van der Waals surface area contributed by atoms with Crippen LogP contribution < -0.4 is 10.6 Å². The molecule has 0 saturated carbocycles. The first kappa shape index (κ1) is 15.3. The lowest BCUT2D eigenvalue weighted by molar-refractivity contribution is -0.129. The van der Waals surface area contributed by atoms with Gasteiger partial charge in [0.1, 0.15) is 16.1 Å². The molecule has 1 aliphatic rings. The minimum atomic E-state index is -0.293. The molecule has 1 amide bonds. The zero-order valence-corrected chi connectivity index (χ0v) is 13.2. The summed E-state index contributed by atoms with van der Waals surface area (Å²) >= 11 is 1.54. The van der Waals surface area contributed by atoms with E-state index in [0.29, 0.717) is 19.7 Å². The average molecular weight is 298 g/mol. The number of rotatable bonds is 3. The predicted octanol–water partition coefficient (Wildman–Crippen LogP) is 0.829. The molecule has 0 unspecified atom stereocenters. The molecule has 112 valence electrons. The molecule has 2 heterocycles. The third-order valence-electron chi connectivity index (χ3n) is 3.12. The van der Waals surface area contributed by atoms with Gasteiger partial charge >= 0.3 is 0 Å². The monoisotopic (exact) mass is 298 g/mol. The van der Waals surface area contributed by atoms with Crippen LogP contribution in [0.3, 0.4) is 0 Å². The van der Waals surface area contributed by atoms with Crippen LogP contribution in [-0.4, -0.2) is 41.4 Å². The van der Waals surface area contributed by atoms with Crippen molar-refractivity contribution < 1.29 is 9.53 Å². The highest BCUT2D eigenvalue weighted by atomic mass is 32.1. The van der Waals surface area contributed by atoms with Crippen LogP contribution >= 0.6 is 11.3 Å². The van der Waals surface area contributed by atoms with Gasteiger partial charge in [-0.15, -0.1) is 10.2 Å². The van der Waals surface area contributed by atoms with Gasteiger partial charge < -0.3 is 15.4 Å². The van der Waals surface area contributed by atoms with Gasteiger partial charge in [-0.2, -0.15) is 0 Å². The summed E-state index contributed by atoms with van der Waals surface area (Å²) in [6, 6.07) is -0.293. The molecule has 2 rings (SSSR count). The van der Waals surface area contributed by atoms with Crippen molar-refractivity contribution in [3.05, 3.63) is 10.0 Å². The fourth-order valence-corrected chi connectivity index (χ4v) is 2.77. The standard InChI is InChI=1S/C13H22N4O2S/c1-8-10(14-5-6-19-8)11(18)15-7-9-16-17-12(20-9)13(2,3)4/h8,10,14H,5-7H2,1-4H3,(H,15,18)/t8-,10+/m1/s1. The molecule has 1 fully saturated rings. The van der Waals surface area contributed by atoms with Gasteiger partial charge in [0.05, 0.1) is 19.3 Å². The van der Waals surface area contributed by atoms with Gasteiger partial charge in [-0.3, -0.25) is 4.79 Å². The van der Waals surface area contributed by atoms with Crippen molar-refractivity contribution in [2.24, 2.45) is 0 Å². The Kier molecular flexibility index (Phi) is 4.72. The summed E-state index contributed by atoms with van der Waals surface area (Å²) in [6.45, 7) is 9.96. The molecular formula is C13H22N4O2S. The van der Waals surface area contributed by atoms with E-state index in [2.05, 4.69) is 41.6 Å². The fourth-order valence-electron chi connectivity index (χ4n) is 1.93. The average Bonchev–Trinajstić information content (AvgIpc) is 2.85. The van der Waals surface area contributed by atoms with E-state index in [1.165, 1.54) is 0 Å². The van der Waals surface area contributed by atoms with Crippen molar-refractivity contribution in [2.45, 2.75) is 51.8 Å². The van der Waals surface area contributed by atoms with E-state index in [1.54, 1.807) is 11.3 Å². The molecular weight excluding hydrogens is 276 g/mol. The maximum atomic E-state index is 12.1. The maximum absolute atomic E-state index is 12.1. The number of nitrogens with one attached hydrogen (secondary N) is 2. The molecule has 1 aromatic heterocycles. The van der Waals surface area contributed by atoms with Crippen molar-refractivity contribution in [3.8, 4) is 0 Å². The summed E-state index contributed by atoms with van der Waals surface area (Å²) in [6.07, 6.45) is -0.108. The molecule has 0 radical (unpaired) electrons. The van der Waals surface area contributed by atoms with Crippen molar-refractivity contribution >= 4 is 17.2 Å². The molecule has 6 nitrogen and oxygen atoms in total. The summed E-state index contributed by atoms with van der Waals surface area (Å²) in [5.74, 6) is -0.0512. The van der Waals surface area contributed by atoms with Gasteiger partial charge in [-0.25, -0.2) is 0 Å². The van der Waals surface area contributed by atoms with Gasteiger partial charge in [0, 0.05) is 12.0 Å². The van der Waals surface area contributed by atoms with Crippen LogP contribution in [0.4, 0.5) is 0 Å². The zero-order chi connectivity index (χ0) is 14.8. The molecule has 2 N–H and O–H groups in total.